The predicted octanol–water partition coefficient (Wildman–Crippen LogP) is 1.26. The number of aliphatic hydroxyl groups is 1. The number of amides is 1. The molecule has 1 fully saturated rings. The van der Waals surface area contributed by atoms with E-state index in [0.717, 1.165) is 12.8 Å². The zero-order valence-corrected chi connectivity index (χ0v) is 9.36. The molecule has 3 atom stereocenters. The summed E-state index contributed by atoms with van der Waals surface area (Å²) in [5, 5.41) is 9.54. The smallest absolute Gasteiger partial charge is 0.225 e. The second-order valence-electron chi connectivity index (χ2n) is 4.43. The third kappa shape index (κ3) is 2.47. The first-order chi connectivity index (χ1) is 6.56. The van der Waals surface area contributed by atoms with Gasteiger partial charge in [0.15, 0.2) is 0 Å². The number of carbonyl (C=O) groups is 1. The van der Waals surface area contributed by atoms with Crippen LogP contribution in [0.5, 0.6) is 0 Å². The molecule has 1 rings (SSSR count). The van der Waals surface area contributed by atoms with Gasteiger partial charge in [0, 0.05) is 19.0 Å². The number of rotatable bonds is 2. The molecule has 3 nitrogen and oxygen atoms in total. The van der Waals surface area contributed by atoms with Crippen LogP contribution in [-0.2, 0) is 4.79 Å². The minimum Gasteiger partial charge on any atom is -0.393 e. The molecule has 1 heterocycles. The average Bonchev–Trinajstić information content (AvgIpc) is 2.20. The molecule has 14 heavy (non-hydrogen) atoms. The Balaban J connectivity index is 2.50. The molecule has 1 N–H and O–H groups in total. The van der Waals surface area contributed by atoms with Crippen molar-refractivity contribution in [3.05, 3.63) is 0 Å². The van der Waals surface area contributed by atoms with Crippen LogP contribution < -0.4 is 0 Å². The highest BCUT2D eigenvalue weighted by Crippen LogP contribution is 2.19. The summed E-state index contributed by atoms with van der Waals surface area (Å²) in [6.45, 7) is 7.43. The Morgan fingerprint density at radius 1 is 1.64 bits per heavy atom. The maximum Gasteiger partial charge on any atom is 0.225 e. The Labute approximate surface area is 86.1 Å². The first-order valence-corrected chi connectivity index (χ1v) is 5.53. The summed E-state index contributed by atoms with van der Waals surface area (Å²) in [4.78, 5) is 13.7. The van der Waals surface area contributed by atoms with Gasteiger partial charge in [-0.1, -0.05) is 20.8 Å². The highest BCUT2D eigenvalue weighted by molar-refractivity contribution is 5.78. The molecule has 1 saturated heterocycles. The summed E-state index contributed by atoms with van der Waals surface area (Å²) in [6, 6.07) is 0. The second kappa shape index (κ2) is 4.78. The average molecular weight is 199 g/mol. The first kappa shape index (κ1) is 11.5. The number of nitrogens with zero attached hydrogens (tertiary/aromatic N) is 1. The predicted molar refractivity (Wildman–Crippen MR) is 55.8 cm³/mol. The van der Waals surface area contributed by atoms with Gasteiger partial charge in [0.2, 0.25) is 5.91 Å². The highest BCUT2D eigenvalue weighted by atomic mass is 16.3. The fraction of sp³-hybridized carbons (Fsp3) is 0.909. The van der Waals surface area contributed by atoms with Gasteiger partial charge in [0.25, 0.3) is 0 Å². The van der Waals surface area contributed by atoms with Crippen LogP contribution in [0.3, 0.4) is 0 Å². The fourth-order valence-electron chi connectivity index (χ4n) is 1.82. The number of aliphatic hydroxyl groups excluding tert-OH is 1. The van der Waals surface area contributed by atoms with Crippen LogP contribution in [0.15, 0.2) is 0 Å². The Morgan fingerprint density at radius 2 is 2.29 bits per heavy atom. The van der Waals surface area contributed by atoms with E-state index >= 15 is 0 Å². The molecule has 82 valence electrons. The van der Waals surface area contributed by atoms with Crippen molar-refractivity contribution in [2.24, 2.45) is 11.8 Å². The zero-order chi connectivity index (χ0) is 10.7. The van der Waals surface area contributed by atoms with E-state index in [-0.39, 0.29) is 23.8 Å². The van der Waals surface area contributed by atoms with Crippen molar-refractivity contribution in [3.63, 3.8) is 0 Å². The van der Waals surface area contributed by atoms with Gasteiger partial charge < -0.3 is 10.0 Å². The SMILES string of the molecule is CCC(C)C(=O)N1CCC(O)C(C)C1. The second-order valence-corrected chi connectivity index (χ2v) is 4.43. The Hall–Kier alpha value is -0.570. The van der Waals surface area contributed by atoms with Gasteiger partial charge in [0.1, 0.15) is 0 Å². The fourth-order valence-corrected chi connectivity index (χ4v) is 1.82. The lowest BCUT2D eigenvalue weighted by molar-refractivity contribution is -0.138. The minimum absolute atomic E-state index is 0.123. The van der Waals surface area contributed by atoms with Crippen LogP contribution in [0.4, 0.5) is 0 Å². The molecule has 0 aromatic rings. The summed E-state index contributed by atoms with van der Waals surface area (Å²) in [6.07, 6.45) is 1.39. The highest BCUT2D eigenvalue weighted by Gasteiger charge is 2.28. The van der Waals surface area contributed by atoms with Gasteiger partial charge in [-0.05, 0) is 18.8 Å². The van der Waals surface area contributed by atoms with Crippen LogP contribution >= 0.6 is 0 Å². The van der Waals surface area contributed by atoms with Crippen molar-refractivity contribution < 1.29 is 9.90 Å². The third-order valence-corrected chi connectivity index (χ3v) is 3.21. The summed E-state index contributed by atoms with van der Waals surface area (Å²) < 4.78 is 0. The lowest BCUT2D eigenvalue weighted by Gasteiger charge is -2.35. The van der Waals surface area contributed by atoms with E-state index in [1.165, 1.54) is 0 Å². The van der Waals surface area contributed by atoms with Crippen molar-refractivity contribution >= 4 is 5.91 Å². The largest absolute Gasteiger partial charge is 0.393 e. The number of likely N-dealkylation sites (tertiary alicyclic amines) is 1. The van der Waals surface area contributed by atoms with Crippen LogP contribution in [0.25, 0.3) is 0 Å². The standard InChI is InChI=1S/C11H21NO2/c1-4-8(2)11(14)12-6-5-10(13)9(3)7-12/h8-10,13H,4-7H2,1-3H3. The lowest BCUT2D eigenvalue weighted by atomic mass is 9.95. The number of carbonyl (C=O) groups excluding carboxylic acids is 1. The van der Waals surface area contributed by atoms with E-state index in [0.29, 0.717) is 13.1 Å². The van der Waals surface area contributed by atoms with Gasteiger partial charge >= 0.3 is 0 Å². The topological polar surface area (TPSA) is 40.5 Å². The minimum atomic E-state index is -0.226. The van der Waals surface area contributed by atoms with Crippen LogP contribution in [-0.4, -0.2) is 35.1 Å². The van der Waals surface area contributed by atoms with Crippen LogP contribution in [0.2, 0.25) is 0 Å². The number of piperidine rings is 1. The maximum absolute atomic E-state index is 11.8. The lowest BCUT2D eigenvalue weighted by Crippen LogP contribution is -2.46. The third-order valence-electron chi connectivity index (χ3n) is 3.21. The zero-order valence-electron chi connectivity index (χ0n) is 9.36. The molecule has 3 heteroatoms. The molecule has 1 amide bonds. The van der Waals surface area contributed by atoms with E-state index in [4.69, 9.17) is 0 Å². The van der Waals surface area contributed by atoms with Gasteiger partial charge in [0.05, 0.1) is 6.10 Å². The molecule has 0 bridgehead atoms. The monoisotopic (exact) mass is 199 g/mol. The molecule has 0 aromatic heterocycles. The van der Waals surface area contributed by atoms with E-state index in [1.807, 2.05) is 25.7 Å². The molecule has 3 unspecified atom stereocenters. The summed E-state index contributed by atoms with van der Waals surface area (Å²) in [7, 11) is 0. The number of hydrogen-bond acceptors (Lipinski definition) is 2. The van der Waals surface area contributed by atoms with Crippen LogP contribution in [0, 0.1) is 11.8 Å². The van der Waals surface area contributed by atoms with Crippen molar-refractivity contribution in [2.45, 2.75) is 39.7 Å². The van der Waals surface area contributed by atoms with Crippen LogP contribution in [0.1, 0.15) is 33.6 Å². The Kier molecular flexibility index (Phi) is 3.93. The van der Waals surface area contributed by atoms with E-state index in [2.05, 4.69) is 0 Å². The summed E-state index contributed by atoms with van der Waals surface area (Å²) in [5.74, 6) is 0.584. The molecule has 0 saturated carbocycles. The molecule has 1 aliphatic heterocycles. The molecule has 0 radical (unpaired) electrons. The summed E-state index contributed by atoms with van der Waals surface area (Å²) >= 11 is 0. The van der Waals surface area contributed by atoms with Crippen molar-refractivity contribution in [3.8, 4) is 0 Å². The molecule has 0 spiro atoms. The van der Waals surface area contributed by atoms with Gasteiger partial charge in [-0.3, -0.25) is 4.79 Å². The Bertz CT molecular complexity index is 205. The molecule has 1 aliphatic rings. The maximum atomic E-state index is 11.8. The molecular formula is C11H21NO2. The van der Waals surface area contributed by atoms with E-state index in [1.54, 1.807) is 0 Å². The molecule has 0 aliphatic carbocycles. The molecular weight excluding hydrogens is 178 g/mol. The van der Waals surface area contributed by atoms with E-state index in [9.17, 15) is 9.90 Å². The van der Waals surface area contributed by atoms with Gasteiger partial charge in [-0.25, -0.2) is 0 Å². The Morgan fingerprint density at radius 3 is 2.79 bits per heavy atom. The number of hydrogen-bond donors (Lipinski definition) is 1. The first-order valence-electron chi connectivity index (χ1n) is 5.53. The van der Waals surface area contributed by atoms with Crippen molar-refractivity contribution in [1.29, 1.82) is 0 Å². The molecule has 0 aromatic carbocycles. The summed E-state index contributed by atoms with van der Waals surface area (Å²) in [5.41, 5.74) is 0. The normalized spacial score (nSPS) is 30.1. The van der Waals surface area contributed by atoms with Gasteiger partial charge in [-0.15, -0.1) is 0 Å². The van der Waals surface area contributed by atoms with Crippen molar-refractivity contribution in [1.82, 2.24) is 4.90 Å². The van der Waals surface area contributed by atoms with Crippen molar-refractivity contribution in [2.75, 3.05) is 13.1 Å². The van der Waals surface area contributed by atoms with Gasteiger partial charge in [-0.2, -0.15) is 0 Å². The van der Waals surface area contributed by atoms with E-state index < -0.39 is 0 Å². The quantitative estimate of drug-likeness (QED) is 0.727.